The third-order valence-electron chi connectivity index (χ3n) is 4.28. The number of carboxylic acid groups (broad SMARTS) is 1. The molecule has 0 heterocycles. The SMILES string of the molecule is [2H]c1c([2H])c(C(=O)O)c([2H])c(-c2cccc(CC([2H])([2H])CNC[C@]([2H])(O)c3cccc(C)c3)c2)c1[2H]. The lowest BCUT2D eigenvalue weighted by Gasteiger charge is -2.13. The summed E-state index contributed by atoms with van der Waals surface area (Å²) in [5.41, 5.74) is 1.32. The van der Waals surface area contributed by atoms with Crippen molar-refractivity contribution < 1.29 is 24.6 Å². The summed E-state index contributed by atoms with van der Waals surface area (Å²) in [5.74, 6) is -1.53. The second kappa shape index (κ2) is 10.0. The molecule has 0 saturated heterocycles. The lowest BCUT2D eigenvalue weighted by atomic mass is 9.99. The fraction of sp³-hybridized carbons (Fsp3) is 0.240. The van der Waals surface area contributed by atoms with Gasteiger partial charge in [-0.1, -0.05) is 66.2 Å². The molecule has 3 aromatic carbocycles. The lowest BCUT2D eigenvalue weighted by molar-refractivity contribution is 0.0697. The quantitative estimate of drug-likeness (QED) is 0.494. The van der Waals surface area contributed by atoms with Gasteiger partial charge in [0.2, 0.25) is 0 Å². The zero-order chi connectivity index (χ0) is 26.8. The summed E-state index contributed by atoms with van der Waals surface area (Å²) in [4.78, 5) is 11.6. The molecule has 0 spiro atoms. The number of rotatable bonds is 9. The summed E-state index contributed by atoms with van der Waals surface area (Å²) in [6, 6.07) is 11.0. The minimum Gasteiger partial charge on any atom is -0.478 e. The second-order valence-electron chi connectivity index (χ2n) is 6.60. The minimum atomic E-state index is -1.93. The molecule has 3 aromatic rings. The summed E-state index contributed by atoms with van der Waals surface area (Å²) in [6.45, 7) is 1.50. The Balaban J connectivity index is 1.79. The van der Waals surface area contributed by atoms with Crippen molar-refractivity contribution in [3.05, 3.63) is 95.0 Å². The van der Waals surface area contributed by atoms with E-state index in [9.17, 15) is 15.0 Å². The Labute approximate surface area is 181 Å². The number of hydrogen-bond donors (Lipinski definition) is 3. The van der Waals surface area contributed by atoms with Gasteiger partial charge in [0.15, 0.2) is 0 Å². The summed E-state index contributed by atoms with van der Waals surface area (Å²) < 4.78 is 57.1. The Kier molecular flexibility index (Phi) is 4.59. The highest BCUT2D eigenvalue weighted by atomic mass is 16.4. The zero-order valence-electron chi connectivity index (χ0n) is 23.0. The smallest absolute Gasteiger partial charge is 0.335 e. The number of aryl methyl sites for hydroxylation is 2. The molecule has 3 N–H and O–H groups in total. The average Bonchev–Trinajstić information content (AvgIpc) is 2.77. The van der Waals surface area contributed by atoms with Gasteiger partial charge in [-0.15, -0.1) is 0 Å². The number of benzene rings is 3. The molecule has 0 saturated carbocycles. The number of aliphatic hydroxyl groups is 1. The van der Waals surface area contributed by atoms with Crippen molar-refractivity contribution in [2.75, 3.05) is 13.1 Å². The first kappa shape index (κ1) is 13.3. The van der Waals surface area contributed by atoms with E-state index in [-0.39, 0.29) is 30.6 Å². The molecule has 4 nitrogen and oxygen atoms in total. The Morgan fingerprint density at radius 1 is 1.21 bits per heavy atom. The molecule has 150 valence electrons. The third-order valence-corrected chi connectivity index (χ3v) is 4.28. The molecular formula is C25H27NO3. The number of carbonyl (C=O) groups is 1. The van der Waals surface area contributed by atoms with Gasteiger partial charge in [-0.25, -0.2) is 4.79 Å². The van der Waals surface area contributed by atoms with Crippen molar-refractivity contribution in [3.8, 4) is 11.1 Å². The molecule has 29 heavy (non-hydrogen) atoms. The van der Waals surface area contributed by atoms with Crippen molar-refractivity contribution in [3.63, 3.8) is 0 Å². The van der Waals surface area contributed by atoms with Crippen molar-refractivity contribution >= 4 is 5.97 Å². The van der Waals surface area contributed by atoms with Crippen LogP contribution < -0.4 is 5.32 Å². The molecule has 0 bridgehead atoms. The van der Waals surface area contributed by atoms with Gasteiger partial charge in [0.25, 0.3) is 0 Å². The fourth-order valence-electron chi connectivity index (χ4n) is 2.83. The van der Waals surface area contributed by atoms with Crippen LogP contribution in [0, 0.1) is 6.92 Å². The number of nitrogens with one attached hydrogen (secondary N) is 1. The third kappa shape index (κ3) is 6.01. The van der Waals surface area contributed by atoms with Gasteiger partial charge in [0.1, 0.15) is 0 Å². The van der Waals surface area contributed by atoms with Crippen LogP contribution in [0.15, 0.2) is 72.7 Å². The van der Waals surface area contributed by atoms with Crippen LogP contribution in [-0.4, -0.2) is 29.3 Å². The Hall–Kier alpha value is -2.95. The van der Waals surface area contributed by atoms with Crippen molar-refractivity contribution in [1.82, 2.24) is 5.32 Å². The van der Waals surface area contributed by atoms with Gasteiger partial charge >= 0.3 is 5.97 Å². The maximum Gasteiger partial charge on any atom is 0.335 e. The maximum atomic E-state index is 11.6. The summed E-state index contributed by atoms with van der Waals surface area (Å²) in [5, 5.41) is 22.7. The standard InChI is InChI=1S/C25H27NO3/c1-18-6-2-11-22(14-18)24(27)17-26-13-5-8-19-7-3-9-20(15-19)21-10-4-12-23(16-21)25(28)29/h2-4,6-7,9-12,14-16,24,26-27H,5,8,13,17H2,1H3,(H,28,29)/t24-/m0/s1/i4D,5D2,10D,12D,16D,24D. The van der Waals surface area contributed by atoms with Crippen molar-refractivity contribution in [2.24, 2.45) is 0 Å². The summed E-state index contributed by atoms with van der Waals surface area (Å²) in [6.07, 6.45) is -3.80. The Bertz CT molecular complexity index is 1290. The van der Waals surface area contributed by atoms with E-state index < -0.39 is 48.2 Å². The maximum absolute atomic E-state index is 11.6. The average molecular weight is 397 g/mol. The Morgan fingerprint density at radius 2 is 2.03 bits per heavy atom. The van der Waals surface area contributed by atoms with Crippen LogP contribution in [-0.2, 0) is 6.42 Å². The van der Waals surface area contributed by atoms with Crippen LogP contribution in [0.2, 0.25) is 0 Å². The summed E-state index contributed by atoms with van der Waals surface area (Å²) >= 11 is 0. The number of carboxylic acids is 1. The monoisotopic (exact) mass is 396 g/mol. The predicted molar refractivity (Wildman–Crippen MR) is 116 cm³/mol. The predicted octanol–water partition coefficient (Wildman–Crippen LogP) is 4.62. The molecular weight excluding hydrogens is 362 g/mol. The molecule has 0 aliphatic heterocycles. The second-order valence-corrected chi connectivity index (χ2v) is 6.60. The zero-order valence-corrected chi connectivity index (χ0v) is 16.0. The van der Waals surface area contributed by atoms with E-state index in [0.29, 0.717) is 11.1 Å². The molecule has 0 radical (unpaired) electrons. The van der Waals surface area contributed by atoms with Crippen LogP contribution in [0.25, 0.3) is 11.1 Å². The van der Waals surface area contributed by atoms with E-state index >= 15 is 0 Å². The van der Waals surface area contributed by atoms with Crippen LogP contribution in [0.5, 0.6) is 0 Å². The molecule has 0 fully saturated rings. The van der Waals surface area contributed by atoms with E-state index in [4.69, 9.17) is 9.60 Å². The van der Waals surface area contributed by atoms with Crippen LogP contribution in [0.4, 0.5) is 0 Å². The lowest BCUT2D eigenvalue weighted by Crippen LogP contribution is -2.22. The highest BCUT2D eigenvalue weighted by molar-refractivity contribution is 5.89. The van der Waals surface area contributed by atoms with Crippen LogP contribution in [0.1, 0.15) is 49.1 Å². The normalized spacial score (nSPS) is 17.0. The van der Waals surface area contributed by atoms with Gasteiger partial charge in [-0.05, 0) is 60.6 Å². The molecule has 0 amide bonds. The molecule has 0 aromatic heterocycles. The highest BCUT2D eigenvalue weighted by Gasteiger charge is 2.07. The highest BCUT2D eigenvalue weighted by Crippen LogP contribution is 2.22. The van der Waals surface area contributed by atoms with E-state index in [1.54, 1.807) is 36.4 Å². The topological polar surface area (TPSA) is 69.6 Å². The van der Waals surface area contributed by atoms with Gasteiger partial charge in [0.05, 0.1) is 18.5 Å². The first-order valence-electron chi connectivity index (χ1n) is 12.7. The summed E-state index contributed by atoms with van der Waals surface area (Å²) in [7, 11) is 0. The Morgan fingerprint density at radius 3 is 2.83 bits per heavy atom. The minimum absolute atomic E-state index is 0.0779. The van der Waals surface area contributed by atoms with Crippen molar-refractivity contribution in [1.29, 1.82) is 0 Å². The number of hydrogen-bond acceptors (Lipinski definition) is 3. The van der Waals surface area contributed by atoms with Gasteiger partial charge in [0, 0.05) is 9.29 Å². The molecule has 1 atom stereocenters. The first-order chi connectivity index (χ1) is 16.7. The largest absolute Gasteiger partial charge is 0.478 e. The van der Waals surface area contributed by atoms with E-state index in [1.807, 2.05) is 13.0 Å². The molecule has 3 rings (SSSR count). The van der Waals surface area contributed by atoms with E-state index in [0.717, 1.165) is 5.56 Å². The van der Waals surface area contributed by atoms with Crippen LogP contribution >= 0.6 is 0 Å². The molecule has 0 aliphatic carbocycles. The molecule has 0 unspecified atom stereocenters. The van der Waals surface area contributed by atoms with Gasteiger partial charge < -0.3 is 15.5 Å². The van der Waals surface area contributed by atoms with Gasteiger partial charge in [-0.3, -0.25) is 0 Å². The van der Waals surface area contributed by atoms with Gasteiger partial charge in [-0.2, -0.15) is 0 Å². The first-order valence-corrected chi connectivity index (χ1v) is 9.17. The number of aromatic carboxylic acids is 1. The van der Waals surface area contributed by atoms with Crippen LogP contribution in [0.3, 0.4) is 0 Å². The van der Waals surface area contributed by atoms with Crippen molar-refractivity contribution in [2.45, 2.75) is 25.8 Å². The fourth-order valence-corrected chi connectivity index (χ4v) is 2.83. The van der Waals surface area contributed by atoms with E-state index in [1.165, 1.54) is 6.07 Å². The molecule has 4 heteroatoms. The van der Waals surface area contributed by atoms with E-state index in [2.05, 4.69) is 5.32 Å². The molecule has 0 aliphatic rings.